The van der Waals surface area contributed by atoms with Crippen LogP contribution in [0.2, 0.25) is 0 Å². The SMILES string of the molecule is Cc1cn(-c2ccc(/C=C/c3nc4n(n3)CCC[C@@]4(C#N)c3cc(F)cc(F)c3)cc2C)cn1. The number of hydrogen-bond donors (Lipinski definition) is 0. The molecule has 6 nitrogen and oxygen atoms in total. The monoisotopic (exact) mass is 456 g/mol. The van der Waals surface area contributed by atoms with E-state index in [0.29, 0.717) is 31.0 Å². The largest absolute Gasteiger partial charge is 0.306 e. The fourth-order valence-electron chi connectivity index (χ4n) is 4.55. The second kappa shape index (κ2) is 8.34. The van der Waals surface area contributed by atoms with Crippen LogP contribution in [0, 0.1) is 36.8 Å². The summed E-state index contributed by atoms with van der Waals surface area (Å²) in [6.07, 6.45) is 8.53. The number of rotatable bonds is 4. The summed E-state index contributed by atoms with van der Waals surface area (Å²) in [7, 11) is 0. The van der Waals surface area contributed by atoms with Gasteiger partial charge in [0.25, 0.3) is 0 Å². The molecule has 3 heterocycles. The van der Waals surface area contributed by atoms with Gasteiger partial charge < -0.3 is 4.57 Å². The standard InChI is InChI=1S/C26H22F2N6/c1-17-10-19(4-6-23(17)33-14-18(2)30-16-33)5-7-24-31-25-26(15-29,8-3-9-34(25)32-24)20-11-21(27)13-22(28)12-20/h4-7,10-14,16H,3,8-9H2,1-2H3/b7-5+/t26-/m1/s1. The molecule has 4 aromatic rings. The Kier molecular flexibility index (Phi) is 5.33. The molecule has 0 unspecified atom stereocenters. The summed E-state index contributed by atoms with van der Waals surface area (Å²) in [4.78, 5) is 8.88. The van der Waals surface area contributed by atoms with Crippen molar-refractivity contribution in [1.82, 2.24) is 24.3 Å². The van der Waals surface area contributed by atoms with Crippen LogP contribution >= 0.6 is 0 Å². The van der Waals surface area contributed by atoms with Crippen molar-refractivity contribution in [2.24, 2.45) is 0 Å². The summed E-state index contributed by atoms with van der Waals surface area (Å²) in [6.45, 7) is 4.58. The summed E-state index contributed by atoms with van der Waals surface area (Å²) >= 11 is 0. The van der Waals surface area contributed by atoms with E-state index in [1.54, 1.807) is 17.1 Å². The van der Waals surface area contributed by atoms with Gasteiger partial charge in [0.05, 0.1) is 18.1 Å². The maximum atomic E-state index is 13.9. The molecule has 0 aliphatic carbocycles. The van der Waals surface area contributed by atoms with E-state index in [2.05, 4.69) is 27.2 Å². The summed E-state index contributed by atoms with van der Waals surface area (Å²) in [5.74, 6) is -0.578. The lowest BCUT2D eigenvalue weighted by Crippen LogP contribution is -2.34. The Morgan fingerprint density at radius 2 is 1.88 bits per heavy atom. The smallest absolute Gasteiger partial charge is 0.174 e. The Morgan fingerprint density at radius 3 is 2.56 bits per heavy atom. The van der Waals surface area contributed by atoms with Gasteiger partial charge in [-0.3, -0.25) is 0 Å². The molecule has 0 saturated carbocycles. The Labute approximate surface area is 195 Å². The minimum absolute atomic E-state index is 0.261. The van der Waals surface area contributed by atoms with E-state index < -0.39 is 17.0 Å². The van der Waals surface area contributed by atoms with Crippen LogP contribution in [0.1, 0.15) is 46.9 Å². The molecule has 1 aliphatic heterocycles. The minimum Gasteiger partial charge on any atom is -0.306 e. The van der Waals surface area contributed by atoms with Crippen molar-refractivity contribution in [3.8, 4) is 11.8 Å². The summed E-state index contributed by atoms with van der Waals surface area (Å²) in [5, 5.41) is 14.6. The lowest BCUT2D eigenvalue weighted by atomic mass is 9.75. The Bertz CT molecular complexity index is 1440. The normalized spacial score (nSPS) is 17.6. The highest BCUT2D eigenvalue weighted by molar-refractivity contribution is 5.68. The van der Waals surface area contributed by atoms with Gasteiger partial charge in [0, 0.05) is 24.5 Å². The zero-order valence-electron chi connectivity index (χ0n) is 18.8. The second-order valence-corrected chi connectivity index (χ2v) is 8.60. The Hall–Kier alpha value is -4.12. The number of aryl methyl sites for hydroxylation is 3. The molecule has 0 amide bonds. The number of nitriles is 1. The number of hydrogen-bond acceptors (Lipinski definition) is 4. The average Bonchev–Trinajstić information content (AvgIpc) is 3.43. The molecule has 0 spiro atoms. The van der Waals surface area contributed by atoms with E-state index in [1.165, 1.54) is 12.1 Å². The third kappa shape index (κ3) is 3.79. The van der Waals surface area contributed by atoms with Crippen molar-refractivity contribution in [1.29, 1.82) is 5.26 Å². The molecule has 5 rings (SSSR count). The first-order valence-corrected chi connectivity index (χ1v) is 11.0. The number of halogens is 2. The van der Waals surface area contributed by atoms with Crippen molar-refractivity contribution in [3.05, 3.63) is 94.6 Å². The van der Waals surface area contributed by atoms with Crippen LogP contribution in [-0.4, -0.2) is 24.3 Å². The molecular weight excluding hydrogens is 434 g/mol. The number of fused-ring (bicyclic) bond motifs is 1. The third-order valence-corrected chi connectivity index (χ3v) is 6.17. The van der Waals surface area contributed by atoms with Gasteiger partial charge in [-0.05, 0) is 73.7 Å². The zero-order chi connectivity index (χ0) is 23.9. The van der Waals surface area contributed by atoms with E-state index in [4.69, 9.17) is 0 Å². The predicted molar refractivity (Wildman–Crippen MR) is 124 cm³/mol. The van der Waals surface area contributed by atoms with Crippen LogP contribution in [0.4, 0.5) is 8.78 Å². The van der Waals surface area contributed by atoms with Crippen LogP contribution in [0.3, 0.4) is 0 Å². The average molecular weight is 457 g/mol. The first-order chi connectivity index (χ1) is 16.4. The summed E-state index contributed by atoms with van der Waals surface area (Å²) in [5.41, 5.74) is 3.08. The highest BCUT2D eigenvalue weighted by atomic mass is 19.1. The van der Waals surface area contributed by atoms with Crippen LogP contribution in [0.25, 0.3) is 17.8 Å². The quantitative estimate of drug-likeness (QED) is 0.427. The van der Waals surface area contributed by atoms with Gasteiger partial charge in [0.2, 0.25) is 0 Å². The van der Waals surface area contributed by atoms with E-state index >= 15 is 0 Å². The van der Waals surface area contributed by atoms with Gasteiger partial charge in [-0.2, -0.15) is 10.4 Å². The predicted octanol–water partition coefficient (Wildman–Crippen LogP) is 5.13. The molecule has 34 heavy (non-hydrogen) atoms. The molecular formula is C26H22F2N6. The number of aromatic nitrogens is 5. The number of nitrogens with zero attached hydrogens (tertiary/aromatic N) is 6. The lowest BCUT2D eigenvalue weighted by Gasteiger charge is -2.30. The van der Waals surface area contributed by atoms with E-state index in [0.717, 1.165) is 28.6 Å². The molecule has 0 bridgehead atoms. The molecule has 1 atom stereocenters. The first-order valence-electron chi connectivity index (χ1n) is 11.0. The highest BCUT2D eigenvalue weighted by Gasteiger charge is 2.42. The fourth-order valence-corrected chi connectivity index (χ4v) is 4.55. The van der Waals surface area contributed by atoms with Gasteiger partial charge in [-0.1, -0.05) is 12.1 Å². The lowest BCUT2D eigenvalue weighted by molar-refractivity contribution is 0.390. The Morgan fingerprint density at radius 1 is 1.09 bits per heavy atom. The third-order valence-electron chi connectivity index (χ3n) is 6.17. The summed E-state index contributed by atoms with van der Waals surface area (Å²) in [6, 6.07) is 11.6. The van der Waals surface area contributed by atoms with Gasteiger partial charge in [0.1, 0.15) is 17.0 Å². The van der Waals surface area contributed by atoms with Crippen molar-refractivity contribution < 1.29 is 8.78 Å². The minimum atomic E-state index is -1.25. The zero-order valence-corrected chi connectivity index (χ0v) is 18.8. The van der Waals surface area contributed by atoms with Crippen LogP contribution in [0.15, 0.2) is 48.9 Å². The number of benzene rings is 2. The van der Waals surface area contributed by atoms with Crippen molar-refractivity contribution in [2.45, 2.75) is 38.6 Å². The van der Waals surface area contributed by atoms with Gasteiger partial charge in [0.15, 0.2) is 11.6 Å². The fraction of sp³-hybridized carbons (Fsp3) is 0.231. The molecule has 2 aromatic carbocycles. The van der Waals surface area contributed by atoms with Crippen LogP contribution in [-0.2, 0) is 12.0 Å². The van der Waals surface area contributed by atoms with E-state index in [-0.39, 0.29) is 5.56 Å². The van der Waals surface area contributed by atoms with E-state index in [9.17, 15) is 14.0 Å². The van der Waals surface area contributed by atoms with Gasteiger partial charge in [-0.25, -0.2) is 23.4 Å². The molecule has 0 N–H and O–H groups in total. The maximum Gasteiger partial charge on any atom is 0.174 e. The van der Waals surface area contributed by atoms with Crippen molar-refractivity contribution in [3.63, 3.8) is 0 Å². The number of imidazole rings is 1. The highest BCUT2D eigenvalue weighted by Crippen LogP contribution is 2.39. The van der Waals surface area contributed by atoms with Crippen molar-refractivity contribution in [2.75, 3.05) is 0 Å². The molecule has 2 aromatic heterocycles. The molecule has 0 saturated heterocycles. The first kappa shape index (κ1) is 21.7. The molecule has 8 heteroatoms. The van der Waals surface area contributed by atoms with Crippen LogP contribution in [0.5, 0.6) is 0 Å². The Balaban J connectivity index is 1.47. The maximum absolute atomic E-state index is 13.9. The topological polar surface area (TPSA) is 72.3 Å². The molecule has 0 fully saturated rings. The van der Waals surface area contributed by atoms with Gasteiger partial charge >= 0.3 is 0 Å². The van der Waals surface area contributed by atoms with Crippen molar-refractivity contribution >= 4 is 12.2 Å². The van der Waals surface area contributed by atoms with Crippen LogP contribution < -0.4 is 0 Å². The van der Waals surface area contributed by atoms with Gasteiger partial charge in [-0.15, -0.1) is 0 Å². The molecule has 170 valence electrons. The summed E-state index contributed by atoms with van der Waals surface area (Å²) < 4.78 is 31.5. The molecule has 1 aliphatic rings. The second-order valence-electron chi connectivity index (χ2n) is 8.60. The molecule has 0 radical (unpaired) electrons. The van der Waals surface area contributed by atoms with E-state index in [1.807, 2.05) is 42.8 Å².